The molecule has 0 bridgehead atoms. The van der Waals surface area contributed by atoms with E-state index in [0.717, 1.165) is 24.1 Å². The molecule has 1 N–H and O–H groups in total. The molecule has 4 rings (SSSR count). The van der Waals surface area contributed by atoms with Crippen LogP contribution in [0.25, 0.3) is 5.69 Å². The van der Waals surface area contributed by atoms with E-state index in [9.17, 15) is 9.18 Å². The molecular weight excluding hydrogens is 319 g/mol. The average molecular weight is 336 g/mol. The zero-order valence-electron chi connectivity index (χ0n) is 13.5. The van der Waals surface area contributed by atoms with Gasteiger partial charge in [0.15, 0.2) is 5.69 Å². The van der Waals surface area contributed by atoms with Crippen LogP contribution < -0.4 is 5.32 Å². The number of carbonyl (C=O) groups is 1. The van der Waals surface area contributed by atoms with Gasteiger partial charge in [-0.3, -0.25) is 4.79 Å². The normalized spacial score (nSPS) is 14.9. The number of para-hydroxylation sites is 1. The first kappa shape index (κ1) is 15.5. The fourth-order valence-corrected chi connectivity index (χ4v) is 2.91. The summed E-state index contributed by atoms with van der Waals surface area (Å²) in [6, 6.07) is 15.9. The van der Waals surface area contributed by atoms with Crippen LogP contribution in [0.2, 0.25) is 0 Å². The summed E-state index contributed by atoms with van der Waals surface area (Å²) in [4.78, 5) is 13.8. The maximum absolute atomic E-state index is 13.1. The molecule has 0 radical (unpaired) electrons. The summed E-state index contributed by atoms with van der Waals surface area (Å²) in [6.07, 6.45) is 3.42. The van der Waals surface area contributed by atoms with Crippen LogP contribution in [0, 0.1) is 5.82 Å². The van der Waals surface area contributed by atoms with Crippen molar-refractivity contribution in [2.45, 2.75) is 18.3 Å². The van der Waals surface area contributed by atoms with E-state index in [1.165, 1.54) is 23.1 Å². The zero-order chi connectivity index (χ0) is 17.3. The highest BCUT2D eigenvalue weighted by atomic mass is 19.1. The number of nitrogens with zero attached hydrogens (tertiary/aromatic N) is 3. The van der Waals surface area contributed by atoms with Gasteiger partial charge in [0.2, 0.25) is 0 Å². The molecule has 0 saturated heterocycles. The number of nitrogens with one attached hydrogen (secondary N) is 1. The highest BCUT2D eigenvalue weighted by molar-refractivity contribution is 5.92. The van der Waals surface area contributed by atoms with Crippen molar-refractivity contribution < 1.29 is 9.18 Å². The van der Waals surface area contributed by atoms with E-state index in [0.29, 0.717) is 6.54 Å². The van der Waals surface area contributed by atoms with Crippen LogP contribution in [-0.2, 0) is 5.41 Å². The van der Waals surface area contributed by atoms with E-state index in [4.69, 9.17) is 0 Å². The van der Waals surface area contributed by atoms with E-state index >= 15 is 0 Å². The predicted molar refractivity (Wildman–Crippen MR) is 91.0 cm³/mol. The lowest BCUT2D eigenvalue weighted by Crippen LogP contribution is -2.32. The zero-order valence-corrected chi connectivity index (χ0v) is 13.5. The molecule has 1 amide bonds. The van der Waals surface area contributed by atoms with E-state index in [2.05, 4.69) is 15.5 Å². The summed E-state index contributed by atoms with van der Waals surface area (Å²) >= 11 is 0. The van der Waals surface area contributed by atoms with Crippen molar-refractivity contribution in [1.82, 2.24) is 20.3 Å². The third-order valence-corrected chi connectivity index (χ3v) is 4.61. The number of benzene rings is 2. The minimum atomic E-state index is -0.254. The van der Waals surface area contributed by atoms with E-state index in [1.807, 2.05) is 30.3 Å². The Kier molecular flexibility index (Phi) is 3.80. The molecule has 1 fully saturated rings. The van der Waals surface area contributed by atoms with Gasteiger partial charge >= 0.3 is 0 Å². The smallest absolute Gasteiger partial charge is 0.273 e. The molecule has 0 aliphatic heterocycles. The van der Waals surface area contributed by atoms with Crippen LogP contribution in [0.3, 0.4) is 0 Å². The number of aromatic nitrogens is 3. The molecule has 0 spiro atoms. The van der Waals surface area contributed by atoms with Gasteiger partial charge in [0.25, 0.3) is 5.91 Å². The van der Waals surface area contributed by atoms with Gasteiger partial charge in [-0.05, 0) is 42.7 Å². The molecule has 3 aromatic rings. The summed E-state index contributed by atoms with van der Waals surface area (Å²) in [7, 11) is 0. The lowest BCUT2D eigenvalue weighted by molar-refractivity contribution is 0.0944. The molecule has 6 heteroatoms. The van der Waals surface area contributed by atoms with Crippen molar-refractivity contribution in [3.8, 4) is 5.69 Å². The van der Waals surface area contributed by atoms with Crippen LogP contribution in [0.5, 0.6) is 0 Å². The molecule has 0 atom stereocenters. The first-order valence-corrected chi connectivity index (χ1v) is 8.18. The van der Waals surface area contributed by atoms with Crippen molar-refractivity contribution in [2.75, 3.05) is 6.54 Å². The number of hydrogen-bond acceptors (Lipinski definition) is 3. The fourth-order valence-electron chi connectivity index (χ4n) is 2.91. The molecule has 1 aliphatic rings. The number of halogens is 1. The van der Waals surface area contributed by atoms with Crippen molar-refractivity contribution in [2.24, 2.45) is 0 Å². The van der Waals surface area contributed by atoms with Crippen LogP contribution in [-0.4, -0.2) is 27.4 Å². The Morgan fingerprint density at radius 2 is 1.84 bits per heavy atom. The van der Waals surface area contributed by atoms with Crippen molar-refractivity contribution in [1.29, 1.82) is 0 Å². The maximum Gasteiger partial charge on any atom is 0.273 e. The van der Waals surface area contributed by atoms with Gasteiger partial charge in [-0.15, -0.1) is 5.10 Å². The van der Waals surface area contributed by atoms with Gasteiger partial charge < -0.3 is 5.32 Å². The van der Waals surface area contributed by atoms with Gasteiger partial charge in [-0.2, -0.15) is 9.90 Å². The Morgan fingerprint density at radius 1 is 1.12 bits per heavy atom. The molecule has 126 valence electrons. The molecule has 2 aromatic carbocycles. The van der Waals surface area contributed by atoms with Gasteiger partial charge in [-0.25, -0.2) is 4.39 Å². The Balaban J connectivity index is 1.43. The molecule has 0 unspecified atom stereocenters. The molecular formula is C19H17FN4O. The highest BCUT2D eigenvalue weighted by Crippen LogP contribution is 2.47. The van der Waals surface area contributed by atoms with Crippen LogP contribution in [0.1, 0.15) is 28.9 Å². The van der Waals surface area contributed by atoms with Gasteiger partial charge in [0.1, 0.15) is 5.82 Å². The molecule has 25 heavy (non-hydrogen) atoms. The molecule has 1 aromatic heterocycles. The maximum atomic E-state index is 13.1. The summed E-state index contributed by atoms with van der Waals surface area (Å²) < 4.78 is 13.1. The lowest BCUT2D eigenvalue weighted by atomic mass is 9.96. The van der Waals surface area contributed by atoms with Crippen LogP contribution >= 0.6 is 0 Å². The summed E-state index contributed by atoms with van der Waals surface area (Å²) in [5.74, 6) is -0.503. The van der Waals surface area contributed by atoms with Crippen LogP contribution in [0.4, 0.5) is 4.39 Å². The SMILES string of the molecule is O=C(NCC1(c2ccc(F)cc2)CC1)c1cnn(-c2ccccc2)n1. The first-order chi connectivity index (χ1) is 12.2. The van der Waals surface area contributed by atoms with Crippen LogP contribution in [0.15, 0.2) is 60.8 Å². The molecule has 1 heterocycles. The molecule has 1 aliphatic carbocycles. The van der Waals surface area contributed by atoms with Gasteiger partial charge in [-0.1, -0.05) is 30.3 Å². The minimum absolute atomic E-state index is 0.0845. The number of amides is 1. The molecule has 1 saturated carbocycles. The third-order valence-electron chi connectivity index (χ3n) is 4.61. The first-order valence-electron chi connectivity index (χ1n) is 8.18. The second kappa shape index (κ2) is 6.12. The standard InChI is InChI=1S/C19H17FN4O/c20-15-8-6-14(7-9-15)19(10-11-19)13-21-18(25)17-12-22-24(23-17)16-4-2-1-3-5-16/h1-9,12H,10-11,13H2,(H,21,25). The Bertz CT molecular complexity index is 885. The average Bonchev–Trinajstić information content (AvgIpc) is 3.27. The van der Waals surface area contributed by atoms with Crippen molar-refractivity contribution in [3.63, 3.8) is 0 Å². The second-order valence-corrected chi connectivity index (χ2v) is 6.32. The Morgan fingerprint density at radius 3 is 2.52 bits per heavy atom. The summed E-state index contributed by atoms with van der Waals surface area (Å²) in [6.45, 7) is 0.510. The van der Waals surface area contributed by atoms with E-state index in [-0.39, 0.29) is 22.8 Å². The largest absolute Gasteiger partial charge is 0.350 e. The van der Waals surface area contributed by atoms with Gasteiger partial charge in [0.05, 0.1) is 11.9 Å². The number of hydrogen-bond donors (Lipinski definition) is 1. The quantitative estimate of drug-likeness (QED) is 0.779. The third kappa shape index (κ3) is 3.15. The number of rotatable bonds is 5. The van der Waals surface area contributed by atoms with E-state index in [1.54, 1.807) is 12.1 Å². The topological polar surface area (TPSA) is 59.8 Å². The predicted octanol–water partition coefficient (Wildman–Crippen LogP) is 2.87. The Labute approximate surface area is 144 Å². The highest BCUT2D eigenvalue weighted by Gasteiger charge is 2.44. The van der Waals surface area contributed by atoms with Crippen molar-refractivity contribution >= 4 is 5.91 Å². The monoisotopic (exact) mass is 336 g/mol. The fraction of sp³-hybridized carbons (Fsp3) is 0.211. The second-order valence-electron chi connectivity index (χ2n) is 6.32. The number of carbonyl (C=O) groups excluding carboxylic acids is 1. The molecule has 5 nitrogen and oxygen atoms in total. The van der Waals surface area contributed by atoms with E-state index < -0.39 is 0 Å². The summed E-state index contributed by atoms with van der Waals surface area (Å²) in [5, 5.41) is 11.3. The lowest BCUT2D eigenvalue weighted by Gasteiger charge is -2.16. The Hall–Kier alpha value is -3.02. The van der Waals surface area contributed by atoms with Gasteiger partial charge in [0, 0.05) is 12.0 Å². The summed E-state index contributed by atoms with van der Waals surface area (Å²) in [5.41, 5.74) is 2.05. The minimum Gasteiger partial charge on any atom is -0.350 e. The van der Waals surface area contributed by atoms with Crippen molar-refractivity contribution in [3.05, 3.63) is 77.9 Å².